The van der Waals surface area contributed by atoms with E-state index in [4.69, 9.17) is 16.6 Å². The first-order valence-electron chi connectivity index (χ1n) is 9.40. The fourth-order valence-electron chi connectivity index (χ4n) is 2.52. The summed E-state index contributed by atoms with van der Waals surface area (Å²) in [7, 11) is 0. The van der Waals surface area contributed by atoms with Crippen LogP contribution in [0.5, 0.6) is 0 Å². The number of nitrogens with one attached hydrogen (secondary N) is 4. The second kappa shape index (κ2) is 12.6. The minimum atomic E-state index is -1.68. The molecule has 1 aromatic rings. The molecule has 10 N–H and O–H groups in total. The van der Waals surface area contributed by atoms with E-state index in [9.17, 15) is 29.1 Å². The van der Waals surface area contributed by atoms with Gasteiger partial charge in [0, 0.05) is 24.1 Å². The first-order chi connectivity index (χ1) is 15.0. The van der Waals surface area contributed by atoms with E-state index in [2.05, 4.69) is 33.2 Å². The Hall–Kier alpha value is -3.17. The highest BCUT2D eigenvalue weighted by molar-refractivity contribution is 7.80. The summed E-state index contributed by atoms with van der Waals surface area (Å²) in [5.41, 5.74) is 11.5. The smallest absolute Gasteiger partial charge is 0.328 e. The number of H-pyrrole nitrogens is 1. The summed E-state index contributed by atoms with van der Waals surface area (Å²) < 4.78 is 0. The highest BCUT2D eigenvalue weighted by atomic mass is 32.1. The number of carbonyl (C=O) groups excluding carboxylic acids is 4. The SMILES string of the molecule is CC(O)C(NC(=O)C(CC(N)=O)NC(=O)C(CS)NC(=O)C(N)Cc1cnc[nH]1)C(=O)O. The van der Waals surface area contributed by atoms with E-state index in [0.29, 0.717) is 5.69 Å². The number of hydrogen-bond donors (Lipinski definition) is 9. The van der Waals surface area contributed by atoms with Gasteiger partial charge in [-0.25, -0.2) is 9.78 Å². The minimum Gasteiger partial charge on any atom is -0.480 e. The molecule has 15 heteroatoms. The van der Waals surface area contributed by atoms with Crippen molar-refractivity contribution in [1.29, 1.82) is 0 Å². The van der Waals surface area contributed by atoms with Crippen LogP contribution in [0.15, 0.2) is 12.5 Å². The van der Waals surface area contributed by atoms with Gasteiger partial charge in [0.05, 0.1) is 24.9 Å². The average Bonchev–Trinajstić information content (AvgIpc) is 3.21. The Balaban J connectivity index is 2.82. The van der Waals surface area contributed by atoms with Gasteiger partial charge >= 0.3 is 5.97 Å². The molecule has 0 saturated carbocycles. The van der Waals surface area contributed by atoms with E-state index in [1.165, 1.54) is 12.5 Å². The van der Waals surface area contributed by atoms with Crippen molar-refractivity contribution in [3.63, 3.8) is 0 Å². The third-order valence-corrected chi connectivity index (χ3v) is 4.60. The number of aliphatic hydroxyl groups is 1. The first-order valence-corrected chi connectivity index (χ1v) is 10.0. The van der Waals surface area contributed by atoms with Gasteiger partial charge in [-0.3, -0.25) is 19.2 Å². The molecule has 0 aliphatic heterocycles. The van der Waals surface area contributed by atoms with Crippen LogP contribution in [0.3, 0.4) is 0 Å². The summed E-state index contributed by atoms with van der Waals surface area (Å²) in [5.74, 6) is -5.28. The zero-order valence-electron chi connectivity index (χ0n) is 17.1. The molecule has 0 radical (unpaired) electrons. The van der Waals surface area contributed by atoms with E-state index in [-0.39, 0.29) is 12.2 Å². The zero-order valence-corrected chi connectivity index (χ0v) is 18.0. The molecule has 32 heavy (non-hydrogen) atoms. The highest BCUT2D eigenvalue weighted by Gasteiger charge is 2.32. The summed E-state index contributed by atoms with van der Waals surface area (Å²) in [4.78, 5) is 66.4. The highest BCUT2D eigenvalue weighted by Crippen LogP contribution is 2.01. The number of hydrogen-bond acceptors (Lipinski definition) is 9. The molecule has 0 bridgehead atoms. The van der Waals surface area contributed by atoms with Crippen molar-refractivity contribution in [3.8, 4) is 0 Å². The van der Waals surface area contributed by atoms with Gasteiger partial charge in [0.2, 0.25) is 23.6 Å². The number of aromatic amines is 1. The molecule has 0 aliphatic carbocycles. The fraction of sp³-hybridized carbons (Fsp3) is 0.529. The van der Waals surface area contributed by atoms with Crippen LogP contribution in [0, 0.1) is 0 Å². The van der Waals surface area contributed by atoms with Gasteiger partial charge < -0.3 is 42.6 Å². The lowest BCUT2D eigenvalue weighted by molar-refractivity contribution is -0.145. The Morgan fingerprint density at radius 2 is 1.72 bits per heavy atom. The molecule has 0 fully saturated rings. The molecule has 0 aliphatic rings. The van der Waals surface area contributed by atoms with Gasteiger partial charge in [0.15, 0.2) is 6.04 Å². The molecule has 0 spiro atoms. The van der Waals surface area contributed by atoms with E-state index < -0.39 is 66.3 Å². The van der Waals surface area contributed by atoms with Crippen molar-refractivity contribution in [3.05, 3.63) is 18.2 Å². The Labute approximate surface area is 188 Å². The lowest BCUT2D eigenvalue weighted by Gasteiger charge is -2.24. The molecule has 0 saturated heterocycles. The van der Waals surface area contributed by atoms with E-state index in [0.717, 1.165) is 6.92 Å². The van der Waals surface area contributed by atoms with Crippen LogP contribution in [-0.2, 0) is 30.4 Å². The van der Waals surface area contributed by atoms with Gasteiger partial charge in [-0.05, 0) is 6.92 Å². The lowest BCUT2D eigenvalue weighted by atomic mass is 10.1. The summed E-state index contributed by atoms with van der Waals surface area (Å²) in [6.45, 7) is 1.14. The number of aliphatic hydroxyl groups excluding tert-OH is 1. The second-order valence-electron chi connectivity index (χ2n) is 6.93. The van der Waals surface area contributed by atoms with Crippen LogP contribution < -0.4 is 27.4 Å². The van der Waals surface area contributed by atoms with Gasteiger partial charge in [-0.15, -0.1) is 0 Å². The van der Waals surface area contributed by atoms with E-state index >= 15 is 0 Å². The van der Waals surface area contributed by atoms with Crippen molar-refractivity contribution in [2.24, 2.45) is 11.5 Å². The number of thiol groups is 1. The standard InChI is InChI=1S/C17H27N7O7S/c1-7(25)13(17(30)31)24-15(28)10(3-12(19)26)22-16(29)11(5-32)23-14(27)9(18)2-8-4-20-6-21-8/h4,6-7,9-11,13,25,32H,2-3,5,18H2,1H3,(H2,19,26)(H,20,21)(H,22,29)(H,23,27)(H,24,28)(H,30,31). The first kappa shape index (κ1) is 26.9. The maximum absolute atomic E-state index is 12.6. The number of primary amides is 1. The van der Waals surface area contributed by atoms with Crippen LogP contribution in [-0.4, -0.2) is 85.8 Å². The average molecular weight is 474 g/mol. The van der Waals surface area contributed by atoms with Gasteiger partial charge in [0.25, 0.3) is 0 Å². The predicted octanol–water partition coefficient (Wildman–Crippen LogP) is -4.00. The molecule has 178 valence electrons. The largest absolute Gasteiger partial charge is 0.480 e. The molecule has 1 heterocycles. The maximum atomic E-state index is 12.6. The Morgan fingerprint density at radius 1 is 1.12 bits per heavy atom. The third kappa shape index (κ3) is 8.52. The van der Waals surface area contributed by atoms with Crippen molar-refractivity contribution >= 4 is 42.2 Å². The number of carboxylic acid groups (broad SMARTS) is 1. The number of carboxylic acids is 1. The van der Waals surface area contributed by atoms with E-state index in [1.807, 2.05) is 5.32 Å². The van der Waals surface area contributed by atoms with Crippen molar-refractivity contribution in [2.75, 3.05) is 5.75 Å². The lowest BCUT2D eigenvalue weighted by Crippen LogP contribution is -2.59. The number of aliphatic carboxylic acids is 1. The summed E-state index contributed by atoms with van der Waals surface area (Å²) >= 11 is 4.00. The van der Waals surface area contributed by atoms with Gasteiger partial charge in [-0.2, -0.15) is 12.6 Å². The summed E-state index contributed by atoms with van der Waals surface area (Å²) in [6, 6.07) is -5.49. The number of aromatic nitrogens is 2. The Bertz CT molecular complexity index is 818. The Kier molecular flexibility index (Phi) is 10.6. The molecule has 5 unspecified atom stereocenters. The van der Waals surface area contributed by atoms with Crippen LogP contribution in [0.25, 0.3) is 0 Å². The molecular formula is C17H27N7O7S. The second-order valence-corrected chi connectivity index (χ2v) is 7.29. The summed E-state index contributed by atoms with van der Waals surface area (Å²) in [6.07, 6.45) is 0.911. The molecular weight excluding hydrogens is 446 g/mol. The van der Waals surface area contributed by atoms with Crippen molar-refractivity contribution in [2.45, 2.75) is 50.0 Å². The third-order valence-electron chi connectivity index (χ3n) is 4.23. The van der Waals surface area contributed by atoms with Crippen LogP contribution >= 0.6 is 12.6 Å². The summed E-state index contributed by atoms with van der Waals surface area (Å²) in [5, 5.41) is 25.2. The van der Waals surface area contributed by atoms with Crippen molar-refractivity contribution in [1.82, 2.24) is 25.9 Å². The Morgan fingerprint density at radius 3 is 2.19 bits per heavy atom. The normalized spacial score (nSPS) is 15.5. The number of amides is 4. The van der Waals surface area contributed by atoms with Crippen molar-refractivity contribution < 1.29 is 34.2 Å². The van der Waals surface area contributed by atoms with Crippen LogP contribution in [0.2, 0.25) is 0 Å². The van der Waals surface area contributed by atoms with Gasteiger partial charge in [-0.1, -0.05) is 0 Å². The number of imidazole rings is 1. The quantitative estimate of drug-likeness (QED) is 0.127. The van der Waals surface area contributed by atoms with Crippen LogP contribution in [0.4, 0.5) is 0 Å². The number of rotatable bonds is 13. The molecule has 4 amide bonds. The molecule has 1 aromatic heterocycles. The molecule has 14 nitrogen and oxygen atoms in total. The number of nitrogens with two attached hydrogens (primary N) is 2. The van der Waals surface area contributed by atoms with Gasteiger partial charge in [0.1, 0.15) is 12.1 Å². The number of carbonyl (C=O) groups is 5. The van der Waals surface area contributed by atoms with E-state index in [1.54, 1.807) is 0 Å². The maximum Gasteiger partial charge on any atom is 0.328 e. The molecule has 0 aromatic carbocycles. The van der Waals surface area contributed by atoms with Crippen LogP contribution in [0.1, 0.15) is 19.0 Å². The fourth-order valence-corrected chi connectivity index (χ4v) is 2.78. The monoisotopic (exact) mass is 473 g/mol. The predicted molar refractivity (Wildman–Crippen MR) is 113 cm³/mol. The minimum absolute atomic E-state index is 0.120. The molecule has 1 rings (SSSR count). The molecule has 5 atom stereocenters. The zero-order chi connectivity index (χ0) is 24.4. The topological polar surface area (TPSA) is 243 Å². The number of nitrogens with zero attached hydrogens (tertiary/aromatic N) is 1.